The van der Waals surface area contributed by atoms with Crippen molar-refractivity contribution in [3.05, 3.63) is 48.3 Å². The first-order valence-electron chi connectivity index (χ1n) is 7.47. The van der Waals surface area contributed by atoms with Crippen LogP contribution in [0.4, 0.5) is 0 Å². The van der Waals surface area contributed by atoms with Crippen molar-refractivity contribution in [2.75, 3.05) is 6.54 Å². The van der Waals surface area contributed by atoms with Gasteiger partial charge in [0, 0.05) is 30.6 Å². The lowest BCUT2D eigenvalue weighted by Gasteiger charge is -2.16. The van der Waals surface area contributed by atoms with Crippen LogP contribution in [0.1, 0.15) is 18.4 Å². The van der Waals surface area contributed by atoms with Crippen LogP contribution in [0.25, 0.3) is 22.4 Å². The maximum absolute atomic E-state index is 11.9. The lowest BCUT2D eigenvalue weighted by molar-refractivity contribution is -0.128. The van der Waals surface area contributed by atoms with E-state index in [0.717, 1.165) is 41.0 Å². The van der Waals surface area contributed by atoms with Crippen LogP contribution in [0, 0.1) is 0 Å². The third-order valence-electron chi connectivity index (χ3n) is 4.07. The Hall–Kier alpha value is -2.69. The zero-order valence-electron chi connectivity index (χ0n) is 12.1. The van der Waals surface area contributed by atoms with Crippen LogP contribution in [0.3, 0.4) is 0 Å². The van der Waals surface area contributed by atoms with Crippen molar-refractivity contribution in [3.63, 3.8) is 0 Å². The minimum absolute atomic E-state index is 0.224. The van der Waals surface area contributed by atoms with E-state index in [4.69, 9.17) is 0 Å². The van der Waals surface area contributed by atoms with Gasteiger partial charge < -0.3 is 9.88 Å². The number of amides is 1. The number of aromatic amines is 1. The predicted octanol–water partition coefficient (Wildman–Crippen LogP) is 2.75. The van der Waals surface area contributed by atoms with Gasteiger partial charge in [-0.3, -0.25) is 4.79 Å². The number of aromatic nitrogens is 3. The van der Waals surface area contributed by atoms with Gasteiger partial charge in [0.15, 0.2) is 5.65 Å². The molecule has 1 fully saturated rings. The molecule has 0 radical (unpaired) electrons. The Morgan fingerprint density at radius 3 is 2.86 bits per heavy atom. The van der Waals surface area contributed by atoms with E-state index in [-0.39, 0.29) is 5.91 Å². The Kier molecular flexibility index (Phi) is 3.11. The van der Waals surface area contributed by atoms with Crippen molar-refractivity contribution in [1.29, 1.82) is 0 Å². The molecule has 3 heterocycles. The van der Waals surface area contributed by atoms with Gasteiger partial charge in [0.05, 0.1) is 12.0 Å². The van der Waals surface area contributed by atoms with Gasteiger partial charge in [0.1, 0.15) is 5.52 Å². The number of nitrogens with one attached hydrogen (secondary N) is 1. The van der Waals surface area contributed by atoms with Gasteiger partial charge in [0.25, 0.3) is 0 Å². The van der Waals surface area contributed by atoms with E-state index in [0.29, 0.717) is 13.0 Å². The molecule has 4 rings (SSSR count). The third kappa shape index (κ3) is 2.24. The monoisotopic (exact) mass is 292 g/mol. The minimum Gasteiger partial charge on any atom is -0.338 e. The molecule has 1 amide bonds. The molecule has 1 aliphatic rings. The number of H-pyrrole nitrogens is 1. The van der Waals surface area contributed by atoms with E-state index in [1.165, 1.54) is 0 Å². The molecule has 2 aromatic heterocycles. The normalized spacial score (nSPS) is 14.9. The standard InChI is InChI=1S/C17H16N4O/c22-15-7-4-8-21(15)10-13-9-14(12-5-2-1-3-6-12)20-17-16(13)18-11-19-17/h1-3,5-6,9,11H,4,7-8,10H2,(H,18,19,20). The molecule has 22 heavy (non-hydrogen) atoms. The summed E-state index contributed by atoms with van der Waals surface area (Å²) >= 11 is 0. The number of benzene rings is 1. The van der Waals surface area contributed by atoms with E-state index in [9.17, 15) is 4.79 Å². The molecule has 0 atom stereocenters. The van der Waals surface area contributed by atoms with Crippen molar-refractivity contribution in [3.8, 4) is 11.3 Å². The topological polar surface area (TPSA) is 61.9 Å². The molecule has 5 nitrogen and oxygen atoms in total. The smallest absolute Gasteiger partial charge is 0.222 e. The molecule has 0 unspecified atom stereocenters. The summed E-state index contributed by atoms with van der Waals surface area (Å²) < 4.78 is 0. The van der Waals surface area contributed by atoms with Gasteiger partial charge in [-0.25, -0.2) is 9.97 Å². The maximum Gasteiger partial charge on any atom is 0.222 e. The van der Waals surface area contributed by atoms with Gasteiger partial charge >= 0.3 is 0 Å². The number of hydrogen-bond donors (Lipinski definition) is 1. The second-order valence-electron chi connectivity index (χ2n) is 5.55. The Labute approximate surface area is 128 Å². The van der Waals surface area contributed by atoms with E-state index >= 15 is 0 Å². The van der Waals surface area contributed by atoms with Crippen LogP contribution >= 0.6 is 0 Å². The highest BCUT2D eigenvalue weighted by atomic mass is 16.2. The van der Waals surface area contributed by atoms with Crippen LogP contribution in [0.2, 0.25) is 0 Å². The van der Waals surface area contributed by atoms with E-state index in [1.54, 1.807) is 6.33 Å². The van der Waals surface area contributed by atoms with Crippen LogP contribution in [-0.2, 0) is 11.3 Å². The van der Waals surface area contributed by atoms with Crippen molar-refractivity contribution >= 4 is 17.1 Å². The Bertz CT molecular complexity index is 825. The van der Waals surface area contributed by atoms with Crippen molar-refractivity contribution in [2.45, 2.75) is 19.4 Å². The van der Waals surface area contributed by atoms with Gasteiger partial charge in [-0.05, 0) is 12.5 Å². The van der Waals surface area contributed by atoms with Crippen LogP contribution in [0.15, 0.2) is 42.7 Å². The van der Waals surface area contributed by atoms with Crippen LogP contribution in [-0.4, -0.2) is 32.3 Å². The lowest BCUT2D eigenvalue weighted by Crippen LogP contribution is -2.24. The summed E-state index contributed by atoms with van der Waals surface area (Å²) in [6, 6.07) is 12.1. The quantitative estimate of drug-likeness (QED) is 0.807. The molecule has 0 bridgehead atoms. The first-order valence-corrected chi connectivity index (χ1v) is 7.47. The predicted molar refractivity (Wildman–Crippen MR) is 84.0 cm³/mol. The van der Waals surface area contributed by atoms with Crippen molar-refractivity contribution < 1.29 is 4.79 Å². The summed E-state index contributed by atoms with van der Waals surface area (Å²) in [6.45, 7) is 1.43. The number of rotatable bonds is 3. The summed E-state index contributed by atoms with van der Waals surface area (Å²) in [5.74, 6) is 0.224. The van der Waals surface area contributed by atoms with E-state index in [2.05, 4.69) is 15.0 Å². The van der Waals surface area contributed by atoms with Crippen molar-refractivity contribution in [1.82, 2.24) is 19.9 Å². The molecule has 110 valence electrons. The molecule has 0 aliphatic carbocycles. The highest BCUT2D eigenvalue weighted by Crippen LogP contribution is 2.25. The van der Waals surface area contributed by atoms with Crippen LogP contribution < -0.4 is 0 Å². The second kappa shape index (κ2) is 5.26. The number of carbonyl (C=O) groups excluding carboxylic acids is 1. The summed E-state index contributed by atoms with van der Waals surface area (Å²) in [6.07, 6.45) is 3.25. The van der Waals surface area contributed by atoms with E-state index in [1.807, 2.05) is 41.3 Å². The number of imidazole rings is 1. The molecule has 1 N–H and O–H groups in total. The number of pyridine rings is 1. The molecular weight excluding hydrogens is 276 g/mol. The number of nitrogens with zero attached hydrogens (tertiary/aromatic N) is 3. The number of carbonyl (C=O) groups is 1. The molecule has 1 aliphatic heterocycles. The van der Waals surface area contributed by atoms with Crippen molar-refractivity contribution in [2.24, 2.45) is 0 Å². The zero-order chi connectivity index (χ0) is 14.9. The van der Waals surface area contributed by atoms with Gasteiger partial charge in [-0.15, -0.1) is 0 Å². The summed E-state index contributed by atoms with van der Waals surface area (Å²) in [4.78, 5) is 25.9. The fraction of sp³-hybridized carbons (Fsp3) is 0.235. The van der Waals surface area contributed by atoms with Gasteiger partial charge in [-0.2, -0.15) is 0 Å². The summed E-state index contributed by atoms with van der Waals surface area (Å²) in [5.41, 5.74) is 4.62. The maximum atomic E-state index is 11.9. The average molecular weight is 292 g/mol. The zero-order valence-corrected chi connectivity index (χ0v) is 12.1. The molecule has 0 saturated carbocycles. The van der Waals surface area contributed by atoms with Crippen LogP contribution in [0.5, 0.6) is 0 Å². The Morgan fingerprint density at radius 1 is 1.23 bits per heavy atom. The third-order valence-corrected chi connectivity index (χ3v) is 4.07. The van der Waals surface area contributed by atoms with Gasteiger partial charge in [0.2, 0.25) is 5.91 Å². The summed E-state index contributed by atoms with van der Waals surface area (Å²) in [7, 11) is 0. The molecule has 0 spiro atoms. The number of likely N-dealkylation sites (tertiary alicyclic amines) is 1. The van der Waals surface area contributed by atoms with Gasteiger partial charge in [-0.1, -0.05) is 30.3 Å². The Balaban J connectivity index is 1.79. The minimum atomic E-state index is 0.224. The second-order valence-corrected chi connectivity index (χ2v) is 5.55. The molecule has 1 saturated heterocycles. The Morgan fingerprint density at radius 2 is 2.09 bits per heavy atom. The number of fused-ring (bicyclic) bond motifs is 1. The first kappa shape index (κ1) is 13.0. The highest BCUT2D eigenvalue weighted by Gasteiger charge is 2.22. The fourth-order valence-corrected chi connectivity index (χ4v) is 2.95. The first-order chi connectivity index (χ1) is 10.8. The fourth-order valence-electron chi connectivity index (χ4n) is 2.95. The summed E-state index contributed by atoms with van der Waals surface area (Å²) in [5, 5.41) is 0. The lowest BCUT2D eigenvalue weighted by atomic mass is 10.1. The number of hydrogen-bond acceptors (Lipinski definition) is 3. The molecule has 1 aromatic carbocycles. The van der Waals surface area contributed by atoms with E-state index < -0.39 is 0 Å². The largest absolute Gasteiger partial charge is 0.338 e. The molecule has 3 aromatic rings. The highest BCUT2D eigenvalue weighted by molar-refractivity contribution is 5.81. The molecule has 5 heteroatoms. The SMILES string of the molecule is O=C1CCCN1Cc1cc(-c2ccccc2)nc2[nH]cnc12. The molecular formula is C17H16N4O. The average Bonchev–Trinajstić information content (AvgIpc) is 3.17.